The summed E-state index contributed by atoms with van der Waals surface area (Å²) in [7, 11) is 3.13. The van der Waals surface area contributed by atoms with Crippen molar-refractivity contribution in [3.63, 3.8) is 0 Å². The Bertz CT molecular complexity index is 976. The molecule has 8 nitrogen and oxygen atoms in total. The van der Waals surface area contributed by atoms with Crippen molar-refractivity contribution in [1.82, 2.24) is 9.78 Å². The van der Waals surface area contributed by atoms with Gasteiger partial charge in [-0.2, -0.15) is 5.10 Å². The lowest BCUT2D eigenvalue weighted by Gasteiger charge is -2.33. The lowest BCUT2D eigenvalue weighted by Crippen LogP contribution is -2.32. The Morgan fingerprint density at radius 1 is 1.26 bits per heavy atom. The van der Waals surface area contributed by atoms with E-state index in [-0.39, 0.29) is 5.78 Å². The fourth-order valence-corrected chi connectivity index (χ4v) is 3.77. The average Bonchev–Trinajstić information content (AvgIpc) is 3.09. The van der Waals surface area contributed by atoms with E-state index >= 15 is 0 Å². The van der Waals surface area contributed by atoms with Crippen LogP contribution >= 0.6 is 0 Å². The van der Waals surface area contributed by atoms with E-state index in [1.54, 1.807) is 25.0 Å². The van der Waals surface area contributed by atoms with Crippen molar-refractivity contribution in [2.75, 3.05) is 19.5 Å². The van der Waals surface area contributed by atoms with E-state index in [1.807, 2.05) is 12.1 Å². The van der Waals surface area contributed by atoms with Crippen LogP contribution in [0.15, 0.2) is 35.7 Å². The number of ether oxygens (including phenoxy) is 2. The number of aromatic nitrogens is 2. The number of nitrogens with two attached hydrogens (primary N) is 1. The molecule has 27 heavy (non-hydrogen) atoms. The zero-order chi connectivity index (χ0) is 19.1. The van der Waals surface area contributed by atoms with Crippen LogP contribution in [0, 0.1) is 0 Å². The number of carbonyl (C=O) groups excluding carboxylic acids is 2. The van der Waals surface area contributed by atoms with Crippen LogP contribution in [0.5, 0.6) is 11.5 Å². The lowest BCUT2D eigenvalue weighted by molar-refractivity contribution is -0.116. The molecule has 0 saturated carbocycles. The van der Waals surface area contributed by atoms with Gasteiger partial charge in [0.1, 0.15) is 17.4 Å². The number of Topliss-reactive ketones (excluding diaryl/α,β-unsaturated/α-hetero) is 1. The summed E-state index contributed by atoms with van der Waals surface area (Å²) in [5.74, 6) is 1.17. The zero-order valence-electron chi connectivity index (χ0n) is 15.1. The number of methoxy groups -OCH3 is 2. The van der Waals surface area contributed by atoms with Gasteiger partial charge in [0.25, 0.3) is 5.91 Å². The van der Waals surface area contributed by atoms with Gasteiger partial charge in [-0.1, -0.05) is 6.07 Å². The Kier molecular flexibility index (Phi) is 4.10. The molecule has 0 radical (unpaired) electrons. The number of primary amides is 1. The second-order valence-corrected chi connectivity index (χ2v) is 6.53. The van der Waals surface area contributed by atoms with Crippen LogP contribution in [0.4, 0.5) is 5.82 Å². The summed E-state index contributed by atoms with van der Waals surface area (Å²) >= 11 is 0. The van der Waals surface area contributed by atoms with Crippen molar-refractivity contribution in [1.29, 1.82) is 0 Å². The quantitative estimate of drug-likeness (QED) is 0.855. The van der Waals surface area contributed by atoms with E-state index in [9.17, 15) is 9.59 Å². The number of nitrogens with one attached hydrogen (secondary N) is 1. The standard InChI is InChI=1S/C19H20N4O4/c1-26-14-7-6-10(8-15(14)27-2)17-16-12(4-3-5-13(16)24)22-19-11(18(20)25)9-21-23(17)19/h6-9,17,22H,3-5H2,1-2H3,(H2,20,25). The summed E-state index contributed by atoms with van der Waals surface area (Å²) in [4.78, 5) is 24.5. The normalized spacial score (nSPS) is 18.4. The third-order valence-electron chi connectivity index (χ3n) is 5.03. The van der Waals surface area contributed by atoms with Crippen molar-refractivity contribution in [2.45, 2.75) is 25.3 Å². The topological polar surface area (TPSA) is 108 Å². The first-order valence-corrected chi connectivity index (χ1v) is 8.67. The minimum Gasteiger partial charge on any atom is -0.493 e. The molecular formula is C19H20N4O4. The first-order chi connectivity index (χ1) is 13.0. The Balaban J connectivity index is 1.92. The number of amides is 1. The summed E-state index contributed by atoms with van der Waals surface area (Å²) in [6, 6.07) is 5.04. The molecule has 2 aromatic rings. The lowest BCUT2D eigenvalue weighted by atomic mass is 9.85. The van der Waals surface area contributed by atoms with Crippen LogP contribution in [0.25, 0.3) is 0 Å². The number of allylic oxidation sites excluding steroid dienone is 2. The monoisotopic (exact) mass is 368 g/mol. The molecule has 1 aliphatic carbocycles. The van der Waals surface area contributed by atoms with Crippen LogP contribution < -0.4 is 20.5 Å². The van der Waals surface area contributed by atoms with Gasteiger partial charge >= 0.3 is 0 Å². The van der Waals surface area contributed by atoms with E-state index in [2.05, 4.69) is 10.4 Å². The molecule has 4 rings (SSSR count). The van der Waals surface area contributed by atoms with E-state index in [0.717, 1.165) is 24.1 Å². The van der Waals surface area contributed by atoms with Crippen LogP contribution in [0.2, 0.25) is 0 Å². The molecule has 0 fully saturated rings. The highest BCUT2D eigenvalue weighted by molar-refractivity contribution is 6.02. The first kappa shape index (κ1) is 17.1. The summed E-state index contributed by atoms with van der Waals surface area (Å²) in [5, 5.41) is 7.57. The van der Waals surface area contributed by atoms with Crippen LogP contribution in [-0.4, -0.2) is 35.7 Å². The minimum absolute atomic E-state index is 0.0744. The third kappa shape index (κ3) is 2.64. The number of carbonyl (C=O) groups is 2. The number of hydrogen-bond acceptors (Lipinski definition) is 6. The summed E-state index contributed by atoms with van der Waals surface area (Å²) in [6.07, 6.45) is 3.42. The van der Waals surface area contributed by atoms with E-state index < -0.39 is 11.9 Å². The molecule has 1 atom stereocenters. The molecule has 1 unspecified atom stereocenters. The molecule has 2 heterocycles. The predicted octanol–water partition coefficient (Wildman–Crippen LogP) is 2.02. The van der Waals surface area contributed by atoms with E-state index in [0.29, 0.717) is 34.9 Å². The molecule has 2 aliphatic rings. The third-order valence-corrected chi connectivity index (χ3v) is 5.03. The average molecular weight is 368 g/mol. The summed E-state index contributed by atoms with van der Waals surface area (Å²) in [6.45, 7) is 0. The highest BCUT2D eigenvalue weighted by Gasteiger charge is 2.37. The fraction of sp³-hybridized carbons (Fsp3) is 0.316. The molecule has 3 N–H and O–H groups in total. The van der Waals surface area contributed by atoms with Gasteiger partial charge in [-0.05, 0) is 30.5 Å². The number of hydrogen-bond donors (Lipinski definition) is 2. The smallest absolute Gasteiger partial charge is 0.254 e. The van der Waals surface area contributed by atoms with Gasteiger partial charge < -0.3 is 20.5 Å². The molecule has 0 bridgehead atoms. The molecule has 0 spiro atoms. The number of nitrogens with zero attached hydrogens (tertiary/aromatic N) is 2. The van der Waals surface area contributed by atoms with Gasteiger partial charge in [0.05, 0.1) is 20.4 Å². The van der Waals surface area contributed by atoms with Crippen LogP contribution in [0.1, 0.15) is 41.2 Å². The van der Waals surface area contributed by atoms with Crippen LogP contribution in [-0.2, 0) is 4.79 Å². The molecule has 140 valence electrons. The largest absolute Gasteiger partial charge is 0.493 e. The van der Waals surface area contributed by atoms with Gasteiger partial charge in [-0.25, -0.2) is 4.68 Å². The molecule has 1 aromatic carbocycles. The maximum absolute atomic E-state index is 12.8. The van der Waals surface area contributed by atoms with E-state index in [1.165, 1.54) is 6.20 Å². The molecule has 1 aliphatic heterocycles. The molecular weight excluding hydrogens is 348 g/mol. The van der Waals surface area contributed by atoms with Crippen molar-refractivity contribution in [2.24, 2.45) is 5.73 Å². The highest BCUT2D eigenvalue weighted by atomic mass is 16.5. The van der Waals surface area contributed by atoms with Gasteiger partial charge in [0, 0.05) is 17.7 Å². The van der Waals surface area contributed by atoms with Gasteiger partial charge in [-0.3, -0.25) is 9.59 Å². The summed E-state index contributed by atoms with van der Waals surface area (Å²) in [5.41, 5.74) is 8.09. The Labute approximate surface area is 155 Å². The van der Waals surface area contributed by atoms with Gasteiger partial charge in [0.15, 0.2) is 17.3 Å². The predicted molar refractivity (Wildman–Crippen MR) is 97.9 cm³/mol. The van der Waals surface area contributed by atoms with Crippen molar-refractivity contribution < 1.29 is 19.1 Å². The van der Waals surface area contributed by atoms with E-state index in [4.69, 9.17) is 15.2 Å². The number of ketones is 1. The number of rotatable bonds is 4. The Hall–Kier alpha value is -3.29. The number of fused-ring (bicyclic) bond motifs is 1. The highest BCUT2D eigenvalue weighted by Crippen LogP contribution is 2.43. The molecule has 0 saturated heterocycles. The number of benzene rings is 1. The zero-order valence-corrected chi connectivity index (χ0v) is 15.1. The number of anilines is 1. The maximum atomic E-state index is 12.8. The Morgan fingerprint density at radius 2 is 2.04 bits per heavy atom. The fourth-order valence-electron chi connectivity index (χ4n) is 3.77. The molecule has 8 heteroatoms. The second-order valence-electron chi connectivity index (χ2n) is 6.53. The van der Waals surface area contributed by atoms with Crippen molar-refractivity contribution >= 4 is 17.5 Å². The Morgan fingerprint density at radius 3 is 2.74 bits per heavy atom. The van der Waals surface area contributed by atoms with Crippen molar-refractivity contribution in [3.05, 3.63) is 46.8 Å². The van der Waals surface area contributed by atoms with Gasteiger partial charge in [-0.15, -0.1) is 0 Å². The van der Waals surface area contributed by atoms with Gasteiger partial charge in [0.2, 0.25) is 0 Å². The SMILES string of the molecule is COc1ccc(C2C3=C(CCCC3=O)Nc3c(C(N)=O)cnn32)cc1OC. The second kappa shape index (κ2) is 6.46. The maximum Gasteiger partial charge on any atom is 0.254 e. The first-order valence-electron chi connectivity index (χ1n) is 8.67. The van der Waals surface area contributed by atoms with Crippen molar-refractivity contribution in [3.8, 4) is 11.5 Å². The molecule has 1 amide bonds. The summed E-state index contributed by atoms with van der Waals surface area (Å²) < 4.78 is 12.4. The molecule has 1 aromatic heterocycles. The minimum atomic E-state index is -0.569. The van der Waals surface area contributed by atoms with Crippen LogP contribution in [0.3, 0.4) is 0 Å².